The first kappa shape index (κ1) is 15.5. The van der Waals surface area contributed by atoms with E-state index in [-0.39, 0.29) is 5.56 Å². The van der Waals surface area contributed by atoms with Crippen LogP contribution in [0.25, 0.3) is 0 Å². The monoisotopic (exact) mass is 306 g/mol. The topological polar surface area (TPSA) is 50.6 Å². The lowest BCUT2D eigenvalue weighted by atomic mass is 10.1. The van der Waals surface area contributed by atoms with Crippen molar-refractivity contribution in [2.45, 2.75) is 32.2 Å². The van der Waals surface area contributed by atoms with E-state index in [1.807, 2.05) is 6.20 Å². The highest BCUT2D eigenvalue weighted by molar-refractivity contribution is 5.43. The number of hydrogen-bond acceptors (Lipinski definition) is 5. The van der Waals surface area contributed by atoms with Crippen molar-refractivity contribution in [3.8, 4) is 0 Å². The van der Waals surface area contributed by atoms with E-state index in [4.69, 9.17) is 4.74 Å². The Morgan fingerprint density at radius 1 is 1.05 bits per heavy atom. The zero-order chi connectivity index (χ0) is 15.2. The van der Waals surface area contributed by atoms with Crippen LogP contribution in [0.1, 0.15) is 25.7 Å². The number of morpholine rings is 1. The summed E-state index contributed by atoms with van der Waals surface area (Å²) in [4.78, 5) is 16.9. The van der Waals surface area contributed by atoms with Crippen molar-refractivity contribution < 1.29 is 4.74 Å². The molecule has 0 spiro atoms. The molecule has 6 nitrogen and oxygen atoms in total. The molecule has 22 heavy (non-hydrogen) atoms. The Hall–Kier alpha value is -1.40. The summed E-state index contributed by atoms with van der Waals surface area (Å²) < 4.78 is 6.93. The summed E-state index contributed by atoms with van der Waals surface area (Å²) >= 11 is 0. The molecule has 0 saturated carbocycles. The van der Waals surface area contributed by atoms with Crippen molar-refractivity contribution in [1.29, 1.82) is 0 Å². The zero-order valence-corrected chi connectivity index (χ0v) is 13.2. The van der Waals surface area contributed by atoms with E-state index >= 15 is 0 Å². The van der Waals surface area contributed by atoms with Gasteiger partial charge in [0.25, 0.3) is 5.56 Å². The van der Waals surface area contributed by atoms with E-state index in [0.717, 1.165) is 58.0 Å². The van der Waals surface area contributed by atoms with Crippen LogP contribution in [0, 0.1) is 0 Å². The van der Waals surface area contributed by atoms with Gasteiger partial charge in [-0.05, 0) is 25.7 Å². The number of nitrogens with zero attached hydrogens (tertiary/aromatic N) is 4. The van der Waals surface area contributed by atoms with E-state index in [1.165, 1.54) is 19.3 Å². The number of rotatable bonds is 5. The average molecular weight is 306 g/mol. The molecular formula is C16H26N4O2. The normalized spacial score (nSPS) is 20.3. The Balaban J connectivity index is 1.52. The van der Waals surface area contributed by atoms with E-state index in [2.05, 4.69) is 14.9 Å². The average Bonchev–Trinajstić information content (AvgIpc) is 2.58. The van der Waals surface area contributed by atoms with Crippen molar-refractivity contribution in [2.75, 3.05) is 50.8 Å². The van der Waals surface area contributed by atoms with Gasteiger partial charge >= 0.3 is 0 Å². The van der Waals surface area contributed by atoms with Gasteiger partial charge in [0.2, 0.25) is 0 Å². The van der Waals surface area contributed by atoms with Crippen LogP contribution in [0.3, 0.4) is 0 Å². The van der Waals surface area contributed by atoms with E-state index in [0.29, 0.717) is 6.54 Å². The lowest BCUT2D eigenvalue weighted by Gasteiger charge is -2.28. The van der Waals surface area contributed by atoms with Gasteiger partial charge in [-0.25, -0.2) is 4.68 Å². The molecule has 122 valence electrons. The smallest absolute Gasteiger partial charge is 0.268 e. The molecule has 2 saturated heterocycles. The first-order valence-corrected chi connectivity index (χ1v) is 8.45. The number of aromatic nitrogens is 2. The molecular weight excluding hydrogens is 280 g/mol. The molecule has 6 heteroatoms. The third kappa shape index (κ3) is 4.08. The Bertz CT molecular complexity index is 519. The highest BCUT2D eigenvalue weighted by atomic mass is 16.5. The SMILES string of the molecule is O=c1cc(N2CCCCC2)cnn1CCCN1CCOCC1. The van der Waals surface area contributed by atoms with Gasteiger partial charge < -0.3 is 9.64 Å². The van der Waals surface area contributed by atoms with Crippen molar-refractivity contribution in [3.05, 3.63) is 22.6 Å². The summed E-state index contributed by atoms with van der Waals surface area (Å²) in [6.07, 6.45) is 6.52. The summed E-state index contributed by atoms with van der Waals surface area (Å²) in [5, 5.41) is 4.36. The largest absolute Gasteiger partial charge is 0.379 e. The second-order valence-electron chi connectivity index (χ2n) is 6.13. The van der Waals surface area contributed by atoms with Crippen molar-refractivity contribution in [2.24, 2.45) is 0 Å². The maximum Gasteiger partial charge on any atom is 0.268 e. The first-order valence-electron chi connectivity index (χ1n) is 8.45. The maximum absolute atomic E-state index is 12.2. The third-order valence-corrected chi connectivity index (χ3v) is 4.52. The Labute approximate surface area is 131 Å². The molecule has 0 aliphatic carbocycles. The molecule has 2 aliphatic heterocycles. The molecule has 0 amide bonds. The molecule has 1 aromatic rings. The fourth-order valence-electron chi connectivity index (χ4n) is 3.19. The van der Waals surface area contributed by atoms with Crippen LogP contribution in [0.15, 0.2) is 17.1 Å². The van der Waals surface area contributed by atoms with Gasteiger partial charge in [0.15, 0.2) is 0 Å². The first-order chi connectivity index (χ1) is 10.8. The minimum atomic E-state index is 0.0186. The third-order valence-electron chi connectivity index (χ3n) is 4.52. The highest BCUT2D eigenvalue weighted by Gasteiger charge is 2.13. The standard InChI is InChI=1S/C16H26N4O2/c21-16-13-15(19-6-2-1-3-7-19)14-17-20(16)8-4-5-18-9-11-22-12-10-18/h13-14H,1-12H2. The number of piperidine rings is 1. The fourth-order valence-corrected chi connectivity index (χ4v) is 3.19. The van der Waals surface area contributed by atoms with Crippen molar-refractivity contribution in [3.63, 3.8) is 0 Å². The second kappa shape index (κ2) is 7.74. The molecule has 2 fully saturated rings. The predicted octanol–water partition coefficient (Wildman–Crippen LogP) is 0.956. The molecule has 2 aliphatic rings. The van der Waals surface area contributed by atoms with Crippen LogP contribution in [-0.2, 0) is 11.3 Å². The molecule has 0 unspecified atom stereocenters. The Kier molecular flexibility index (Phi) is 5.45. The van der Waals surface area contributed by atoms with Gasteiger partial charge in [0.1, 0.15) is 0 Å². The fraction of sp³-hybridized carbons (Fsp3) is 0.750. The number of hydrogen-bond donors (Lipinski definition) is 0. The van der Waals surface area contributed by atoms with Crippen LogP contribution in [0.5, 0.6) is 0 Å². The van der Waals surface area contributed by atoms with E-state index in [1.54, 1.807) is 10.7 Å². The van der Waals surface area contributed by atoms with Gasteiger partial charge in [0, 0.05) is 45.3 Å². The summed E-state index contributed by atoms with van der Waals surface area (Å²) in [5.41, 5.74) is 0.999. The Morgan fingerprint density at radius 3 is 2.55 bits per heavy atom. The number of aryl methyl sites for hydroxylation is 1. The molecule has 1 aromatic heterocycles. The molecule has 3 heterocycles. The van der Waals surface area contributed by atoms with Gasteiger partial charge in [-0.1, -0.05) is 0 Å². The minimum absolute atomic E-state index is 0.0186. The molecule has 0 N–H and O–H groups in total. The minimum Gasteiger partial charge on any atom is -0.379 e. The molecule has 0 radical (unpaired) electrons. The van der Waals surface area contributed by atoms with Gasteiger partial charge in [-0.3, -0.25) is 9.69 Å². The summed E-state index contributed by atoms with van der Waals surface area (Å²) in [6, 6.07) is 1.74. The molecule has 0 atom stereocenters. The van der Waals surface area contributed by atoms with Crippen LogP contribution < -0.4 is 10.5 Å². The van der Waals surface area contributed by atoms with E-state index in [9.17, 15) is 4.79 Å². The predicted molar refractivity (Wildman–Crippen MR) is 86.4 cm³/mol. The van der Waals surface area contributed by atoms with Crippen molar-refractivity contribution >= 4 is 5.69 Å². The summed E-state index contributed by atoms with van der Waals surface area (Å²) in [6.45, 7) is 7.42. The number of anilines is 1. The molecule has 0 bridgehead atoms. The number of ether oxygens (including phenoxy) is 1. The van der Waals surface area contributed by atoms with Crippen LogP contribution in [0.4, 0.5) is 5.69 Å². The second-order valence-corrected chi connectivity index (χ2v) is 6.13. The van der Waals surface area contributed by atoms with Gasteiger partial charge in [0.05, 0.1) is 25.1 Å². The van der Waals surface area contributed by atoms with Crippen molar-refractivity contribution in [1.82, 2.24) is 14.7 Å². The lowest BCUT2D eigenvalue weighted by Crippen LogP contribution is -2.37. The summed E-state index contributed by atoms with van der Waals surface area (Å²) in [5.74, 6) is 0. The highest BCUT2D eigenvalue weighted by Crippen LogP contribution is 2.16. The van der Waals surface area contributed by atoms with Crippen LogP contribution in [0.2, 0.25) is 0 Å². The van der Waals surface area contributed by atoms with Crippen LogP contribution >= 0.6 is 0 Å². The summed E-state index contributed by atoms with van der Waals surface area (Å²) in [7, 11) is 0. The van der Waals surface area contributed by atoms with Gasteiger partial charge in [-0.15, -0.1) is 0 Å². The Morgan fingerprint density at radius 2 is 1.82 bits per heavy atom. The zero-order valence-electron chi connectivity index (χ0n) is 13.2. The van der Waals surface area contributed by atoms with E-state index < -0.39 is 0 Å². The molecule has 0 aromatic carbocycles. The quantitative estimate of drug-likeness (QED) is 0.811. The lowest BCUT2D eigenvalue weighted by molar-refractivity contribution is 0.0368. The maximum atomic E-state index is 12.2. The van der Waals surface area contributed by atoms with Crippen LogP contribution in [-0.4, -0.2) is 60.6 Å². The molecule has 3 rings (SSSR count). The van der Waals surface area contributed by atoms with Gasteiger partial charge in [-0.2, -0.15) is 5.10 Å².